The van der Waals surface area contributed by atoms with Crippen LogP contribution in [0, 0.1) is 0 Å². The molecule has 0 amide bonds. The fraction of sp³-hybridized carbons (Fsp3) is 0.118. The molecule has 0 N–H and O–H groups in total. The number of hydrogen-bond donors (Lipinski definition) is 0. The van der Waals surface area contributed by atoms with Gasteiger partial charge in [0.15, 0.2) is 5.75 Å². The van der Waals surface area contributed by atoms with Crippen molar-refractivity contribution in [3.63, 3.8) is 0 Å². The molecule has 2 nitrogen and oxygen atoms in total. The number of benzene rings is 2. The van der Waals surface area contributed by atoms with Crippen LogP contribution in [0.1, 0.15) is 17.5 Å². The molecule has 22 heavy (non-hydrogen) atoms. The van der Waals surface area contributed by atoms with Gasteiger partial charge in [0.2, 0.25) is 0 Å². The van der Waals surface area contributed by atoms with Gasteiger partial charge in [0.25, 0.3) is 0 Å². The summed E-state index contributed by atoms with van der Waals surface area (Å²) in [6, 6.07) is 10.9. The third kappa shape index (κ3) is 3.14. The van der Waals surface area contributed by atoms with E-state index in [2.05, 4.69) is 6.07 Å². The van der Waals surface area contributed by atoms with Gasteiger partial charge in [-0.15, -0.1) is 0 Å². The molecule has 5 heteroatoms. The Morgan fingerprint density at radius 3 is 2.41 bits per heavy atom. The van der Waals surface area contributed by atoms with Crippen molar-refractivity contribution in [3.05, 3.63) is 68.2 Å². The van der Waals surface area contributed by atoms with Gasteiger partial charge in [0, 0.05) is 10.6 Å². The second kappa shape index (κ2) is 6.33. The highest BCUT2D eigenvalue weighted by Crippen LogP contribution is 2.36. The van der Waals surface area contributed by atoms with Crippen molar-refractivity contribution in [1.29, 1.82) is 0 Å². The lowest BCUT2D eigenvalue weighted by Gasteiger charge is -2.16. The molecule has 2 aromatic carbocycles. The summed E-state index contributed by atoms with van der Waals surface area (Å²) < 4.78 is 5.36. The topological polar surface area (TPSA) is 26.3 Å². The van der Waals surface area contributed by atoms with Crippen LogP contribution in [0.4, 0.5) is 0 Å². The Balaban J connectivity index is 1.86. The first-order valence-corrected chi connectivity index (χ1v) is 7.83. The van der Waals surface area contributed by atoms with Gasteiger partial charge in [-0.05, 0) is 42.2 Å². The Bertz CT molecular complexity index is 758. The van der Waals surface area contributed by atoms with Crippen LogP contribution in [-0.2, 0) is 11.2 Å². The lowest BCUT2D eigenvalue weighted by molar-refractivity contribution is -0.130. The lowest BCUT2D eigenvalue weighted by atomic mass is 9.92. The molecule has 2 aromatic rings. The standard InChI is InChI=1S/C17H11Cl3O2/c18-13-8-14(19)16(15(20)9-13)22-17(21)12-6-5-10-3-1-2-4-11(10)7-12/h1-4,7-9H,5-6H2. The van der Waals surface area contributed by atoms with Gasteiger partial charge in [-0.1, -0.05) is 59.1 Å². The van der Waals surface area contributed by atoms with Gasteiger partial charge >= 0.3 is 5.97 Å². The predicted molar refractivity (Wildman–Crippen MR) is 89.8 cm³/mol. The zero-order chi connectivity index (χ0) is 15.7. The van der Waals surface area contributed by atoms with Gasteiger partial charge in [-0.2, -0.15) is 0 Å². The number of esters is 1. The number of rotatable bonds is 2. The number of carbonyl (C=O) groups excluding carboxylic acids is 1. The monoisotopic (exact) mass is 352 g/mol. The van der Waals surface area contributed by atoms with Crippen LogP contribution >= 0.6 is 34.8 Å². The van der Waals surface area contributed by atoms with E-state index < -0.39 is 5.97 Å². The van der Waals surface area contributed by atoms with Gasteiger partial charge in [0.1, 0.15) is 0 Å². The Morgan fingerprint density at radius 2 is 1.68 bits per heavy atom. The van der Waals surface area contributed by atoms with Crippen LogP contribution in [0.25, 0.3) is 6.08 Å². The first-order chi connectivity index (χ1) is 10.5. The minimum absolute atomic E-state index is 0.137. The molecule has 0 bridgehead atoms. The number of ether oxygens (including phenoxy) is 1. The average molecular weight is 354 g/mol. The van der Waals surface area contributed by atoms with Crippen molar-refractivity contribution in [2.75, 3.05) is 0 Å². The molecule has 0 spiro atoms. The summed E-state index contributed by atoms with van der Waals surface area (Å²) in [4.78, 5) is 12.3. The second-order valence-corrected chi connectivity index (χ2v) is 6.21. The Hall–Kier alpha value is -1.48. The minimum atomic E-state index is -0.444. The number of halogens is 3. The molecule has 0 aromatic heterocycles. The summed E-state index contributed by atoms with van der Waals surface area (Å²) in [5, 5.41) is 0.811. The first-order valence-electron chi connectivity index (χ1n) is 6.70. The fourth-order valence-corrected chi connectivity index (χ4v) is 3.27. The van der Waals surface area contributed by atoms with E-state index in [0.717, 1.165) is 12.0 Å². The molecule has 3 rings (SSSR count). The van der Waals surface area contributed by atoms with Crippen LogP contribution in [0.5, 0.6) is 5.75 Å². The Labute approximate surface area is 143 Å². The Morgan fingerprint density at radius 1 is 1.00 bits per heavy atom. The van der Waals surface area contributed by atoms with Crippen LogP contribution in [-0.4, -0.2) is 5.97 Å². The maximum absolute atomic E-state index is 12.3. The van der Waals surface area contributed by atoms with Crippen LogP contribution in [0.2, 0.25) is 15.1 Å². The third-order valence-electron chi connectivity index (χ3n) is 3.47. The molecule has 0 unspecified atom stereocenters. The molecule has 0 fully saturated rings. The molecular formula is C17H11Cl3O2. The van der Waals surface area contributed by atoms with Crippen molar-refractivity contribution in [1.82, 2.24) is 0 Å². The molecule has 0 atom stereocenters. The zero-order valence-corrected chi connectivity index (χ0v) is 13.7. The summed E-state index contributed by atoms with van der Waals surface area (Å²) in [6.45, 7) is 0. The quantitative estimate of drug-likeness (QED) is 0.520. The maximum atomic E-state index is 12.3. The van der Waals surface area contributed by atoms with Crippen molar-refractivity contribution >= 4 is 46.8 Å². The molecule has 0 heterocycles. The van der Waals surface area contributed by atoms with E-state index in [1.54, 1.807) is 0 Å². The van der Waals surface area contributed by atoms with E-state index in [9.17, 15) is 4.79 Å². The highest BCUT2D eigenvalue weighted by Gasteiger charge is 2.20. The SMILES string of the molecule is O=C(Oc1c(Cl)cc(Cl)cc1Cl)C1=Cc2ccccc2CC1. The summed E-state index contributed by atoms with van der Waals surface area (Å²) >= 11 is 17.9. The maximum Gasteiger partial charge on any atom is 0.339 e. The number of fused-ring (bicyclic) bond motifs is 1. The lowest BCUT2D eigenvalue weighted by Crippen LogP contribution is -2.15. The van der Waals surface area contributed by atoms with Crippen molar-refractivity contribution in [2.45, 2.75) is 12.8 Å². The normalized spacial score (nSPS) is 13.3. The van der Waals surface area contributed by atoms with Crippen LogP contribution in [0.15, 0.2) is 42.0 Å². The van der Waals surface area contributed by atoms with E-state index in [-0.39, 0.29) is 15.8 Å². The van der Waals surface area contributed by atoms with Crippen molar-refractivity contribution < 1.29 is 9.53 Å². The molecule has 0 saturated carbocycles. The summed E-state index contributed by atoms with van der Waals surface area (Å²) in [5.74, 6) is -0.307. The minimum Gasteiger partial charge on any atom is -0.420 e. The zero-order valence-electron chi connectivity index (χ0n) is 11.4. The smallest absolute Gasteiger partial charge is 0.339 e. The predicted octanol–water partition coefficient (Wildman–Crippen LogP) is 5.58. The van der Waals surface area contributed by atoms with Gasteiger partial charge in [0.05, 0.1) is 10.0 Å². The number of hydrogen-bond acceptors (Lipinski definition) is 2. The van der Waals surface area contributed by atoms with Gasteiger partial charge in [-0.25, -0.2) is 4.79 Å². The van der Waals surface area contributed by atoms with Crippen LogP contribution < -0.4 is 4.74 Å². The third-order valence-corrected chi connectivity index (χ3v) is 4.25. The molecule has 1 aliphatic carbocycles. The average Bonchev–Trinajstić information content (AvgIpc) is 2.50. The second-order valence-electron chi connectivity index (χ2n) is 4.96. The van der Waals surface area contributed by atoms with Crippen molar-refractivity contribution in [3.8, 4) is 5.75 Å². The van der Waals surface area contributed by atoms with Gasteiger partial charge in [-0.3, -0.25) is 0 Å². The largest absolute Gasteiger partial charge is 0.420 e. The molecule has 0 aliphatic heterocycles. The van der Waals surface area contributed by atoms with Crippen LogP contribution in [0.3, 0.4) is 0 Å². The number of aryl methyl sites for hydroxylation is 1. The molecule has 112 valence electrons. The molecule has 0 radical (unpaired) electrons. The summed E-state index contributed by atoms with van der Waals surface area (Å²) in [7, 11) is 0. The molecular weight excluding hydrogens is 343 g/mol. The molecule has 1 aliphatic rings. The first kappa shape index (κ1) is 15.4. The van der Waals surface area contributed by atoms with Crippen molar-refractivity contribution in [2.24, 2.45) is 0 Å². The fourth-order valence-electron chi connectivity index (χ4n) is 2.38. The van der Waals surface area contributed by atoms with Gasteiger partial charge < -0.3 is 4.74 Å². The highest BCUT2D eigenvalue weighted by atomic mass is 35.5. The number of carbonyl (C=O) groups is 1. The molecule has 0 saturated heterocycles. The summed E-state index contributed by atoms with van der Waals surface area (Å²) in [5.41, 5.74) is 2.86. The van der Waals surface area contributed by atoms with E-state index in [4.69, 9.17) is 39.5 Å². The van der Waals surface area contributed by atoms with E-state index in [1.807, 2.05) is 24.3 Å². The van der Waals surface area contributed by atoms with E-state index >= 15 is 0 Å². The van der Waals surface area contributed by atoms with E-state index in [0.29, 0.717) is 17.0 Å². The Kier molecular flexibility index (Phi) is 4.44. The highest BCUT2D eigenvalue weighted by molar-refractivity contribution is 6.40. The summed E-state index contributed by atoms with van der Waals surface area (Å²) in [6.07, 6.45) is 3.27. The van der Waals surface area contributed by atoms with E-state index in [1.165, 1.54) is 17.7 Å².